The van der Waals surface area contributed by atoms with Gasteiger partial charge in [0.2, 0.25) is 0 Å². The molecule has 0 radical (unpaired) electrons. The molecule has 0 rings (SSSR count). The van der Waals surface area contributed by atoms with E-state index in [4.69, 9.17) is 19.8 Å². The molecule has 0 aliphatic heterocycles. The third-order valence-corrected chi connectivity index (χ3v) is 1.84. The Morgan fingerprint density at radius 2 is 0.913 bits per heavy atom. The molecule has 7 heteroatoms. The molecule has 0 spiro atoms. The summed E-state index contributed by atoms with van der Waals surface area (Å²) in [5, 5.41) is 17.2. The number of carbonyl (C=O) groups excluding carboxylic acids is 4. The Morgan fingerprint density at radius 3 is 0.957 bits per heavy atom. The maximum atomic E-state index is 10.7. The number of allylic oxidation sites excluding steroid dienone is 4. The molecule has 0 saturated carbocycles. The Balaban J connectivity index is -0.0000000743. The molecule has 134 valence electrons. The van der Waals surface area contributed by atoms with Crippen LogP contribution < -0.4 is 0 Å². The van der Waals surface area contributed by atoms with Gasteiger partial charge in [-0.15, -0.1) is 0 Å². The largest absolute Gasteiger partial charge is 2.00 e. The molecule has 2 N–H and O–H groups in total. The predicted molar refractivity (Wildman–Crippen MR) is 86.0 cm³/mol. The molecule has 0 unspecified atom stereocenters. The van der Waals surface area contributed by atoms with Crippen LogP contribution in [0.3, 0.4) is 0 Å². The first-order chi connectivity index (χ1) is 10.1. The summed E-state index contributed by atoms with van der Waals surface area (Å²) in [5.41, 5.74) is 0. The van der Waals surface area contributed by atoms with Crippen molar-refractivity contribution in [3.63, 3.8) is 0 Å². The van der Waals surface area contributed by atoms with Crippen molar-refractivity contribution >= 4 is 25.1 Å². The second kappa shape index (κ2) is 22.7. The van der Waals surface area contributed by atoms with Gasteiger partial charge in [0, 0.05) is 24.0 Å². The van der Waals surface area contributed by atoms with Crippen molar-refractivity contribution in [2.24, 2.45) is 11.8 Å². The molecule has 0 aliphatic rings. The molecule has 0 fully saturated rings. The van der Waals surface area contributed by atoms with E-state index in [1.807, 2.05) is 0 Å². The molecule has 0 heterocycles. The molecule has 0 amide bonds. The first kappa shape index (κ1) is 33.1. The summed E-state index contributed by atoms with van der Waals surface area (Å²) in [6.45, 7) is 16.6. The first-order valence-corrected chi connectivity index (χ1v) is 6.37. The van der Waals surface area contributed by atoms with Crippen LogP contribution in [-0.4, -0.2) is 35.4 Å². The van der Waals surface area contributed by atoms with Gasteiger partial charge in [-0.05, 0) is 13.8 Å². The number of ketones is 2. The predicted octanol–water partition coefficient (Wildman–Crippen LogP) is 2.80. The molecule has 0 aliphatic carbocycles. The number of rotatable bonds is 4. The van der Waals surface area contributed by atoms with Gasteiger partial charge >= 0.3 is 19.5 Å². The van der Waals surface area contributed by atoms with E-state index in [2.05, 4.69) is 13.6 Å². The zero-order chi connectivity index (χ0) is 18.9. The van der Waals surface area contributed by atoms with Crippen molar-refractivity contribution in [3.05, 3.63) is 23.7 Å². The quantitative estimate of drug-likeness (QED) is 0.240. The molecule has 0 aromatic rings. The monoisotopic (exact) mass is 416 g/mol. The zero-order valence-electron chi connectivity index (χ0n) is 14.3. The number of carbonyl (C=O) groups is 2. The minimum atomic E-state index is -0.0324. The van der Waals surface area contributed by atoms with Crippen LogP contribution in [0.25, 0.3) is 0 Å². The number of aliphatic hydroxyl groups excluding tert-OH is 2. The summed E-state index contributed by atoms with van der Waals surface area (Å²) in [7, 11) is 0. The molecule has 0 aromatic carbocycles. The van der Waals surface area contributed by atoms with Gasteiger partial charge in [0.15, 0.2) is 11.6 Å². The standard InChI is InChI=1S/2C7H12O2.2CHO.Ru/c2*1-5(2)7(9)4-6(3)8;2*1-2;/h2*4-5,8H,1-3H3;2*1H;/q;;2*-1;+2/b2*6-4-;;;. The van der Waals surface area contributed by atoms with Gasteiger partial charge in [-0.25, -0.2) is 0 Å². The minimum Gasteiger partial charge on any atom is -0.545 e. The maximum absolute atomic E-state index is 10.7. The van der Waals surface area contributed by atoms with Crippen LogP contribution in [0, 0.1) is 11.8 Å². The van der Waals surface area contributed by atoms with Gasteiger partial charge in [-0.1, -0.05) is 27.7 Å². The Labute approximate surface area is 151 Å². The molecule has 0 saturated heterocycles. The second-order valence-corrected chi connectivity index (χ2v) is 4.69. The fraction of sp³-hybridized carbons (Fsp3) is 0.500. The van der Waals surface area contributed by atoms with Crippen molar-refractivity contribution < 1.29 is 48.9 Å². The third-order valence-electron chi connectivity index (χ3n) is 1.84. The van der Waals surface area contributed by atoms with Gasteiger partial charge in [0.25, 0.3) is 0 Å². The van der Waals surface area contributed by atoms with E-state index >= 15 is 0 Å². The van der Waals surface area contributed by atoms with E-state index in [0.29, 0.717) is 0 Å². The van der Waals surface area contributed by atoms with E-state index in [1.165, 1.54) is 26.0 Å². The Hall–Kier alpha value is -1.62. The Kier molecular flexibility index (Phi) is 32.6. The fourth-order valence-corrected chi connectivity index (χ4v) is 0.745. The van der Waals surface area contributed by atoms with E-state index in [1.54, 1.807) is 27.7 Å². The normalized spacial score (nSPS) is 9.91. The molecule has 0 bridgehead atoms. The van der Waals surface area contributed by atoms with Crippen LogP contribution in [0.15, 0.2) is 23.7 Å². The van der Waals surface area contributed by atoms with Crippen LogP contribution in [0.1, 0.15) is 41.5 Å². The number of hydrogen-bond donors (Lipinski definition) is 2. The number of aliphatic hydroxyl groups is 2. The van der Waals surface area contributed by atoms with Gasteiger partial charge in [-0.2, -0.15) is 0 Å². The van der Waals surface area contributed by atoms with E-state index < -0.39 is 0 Å². The van der Waals surface area contributed by atoms with Crippen molar-refractivity contribution in [1.82, 2.24) is 0 Å². The Bertz CT molecular complexity index is 329. The summed E-state index contributed by atoms with van der Waals surface area (Å²) < 4.78 is 0. The van der Waals surface area contributed by atoms with Gasteiger partial charge in [0.05, 0.1) is 11.5 Å². The molecule has 23 heavy (non-hydrogen) atoms. The molecule has 0 atom stereocenters. The summed E-state index contributed by atoms with van der Waals surface area (Å²) in [6.07, 6.45) is 2.48. The molecular weight excluding hydrogens is 389 g/mol. The van der Waals surface area contributed by atoms with Crippen LogP contribution in [0.2, 0.25) is 0 Å². The topological polar surface area (TPSA) is 109 Å². The molecule has 0 aromatic heterocycles. The second-order valence-electron chi connectivity index (χ2n) is 4.69. The number of hydrogen-bond acceptors (Lipinski definition) is 6. The summed E-state index contributed by atoms with van der Waals surface area (Å²) in [6, 6.07) is 0. The van der Waals surface area contributed by atoms with Gasteiger partial charge in [-0.3, -0.25) is 23.2 Å². The first-order valence-electron chi connectivity index (χ1n) is 6.37. The van der Waals surface area contributed by atoms with Crippen molar-refractivity contribution in [2.45, 2.75) is 41.5 Å². The van der Waals surface area contributed by atoms with Crippen molar-refractivity contribution in [3.8, 4) is 0 Å². The van der Waals surface area contributed by atoms with Gasteiger partial charge < -0.3 is 19.8 Å². The van der Waals surface area contributed by atoms with Crippen molar-refractivity contribution in [1.29, 1.82) is 0 Å². The average Bonchev–Trinajstić information content (AvgIpc) is 2.42. The minimum absolute atomic E-state index is 0. The Morgan fingerprint density at radius 1 is 0.739 bits per heavy atom. The van der Waals surface area contributed by atoms with Crippen LogP contribution in [0.4, 0.5) is 0 Å². The molecule has 6 nitrogen and oxygen atoms in total. The summed E-state index contributed by atoms with van der Waals surface area (Å²) in [4.78, 5) is 36.9. The van der Waals surface area contributed by atoms with E-state index in [-0.39, 0.29) is 54.4 Å². The summed E-state index contributed by atoms with van der Waals surface area (Å²) >= 11 is 0. The van der Waals surface area contributed by atoms with Crippen LogP contribution >= 0.6 is 0 Å². The fourth-order valence-electron chi connectivity index (χ4n) is 0.745. The maximum Gasteiger partial charge on any atom is 2.00 e. The third kappa shape index (κ3) is 33.3. The van der Waals surface area contributed by atoms with Crippen LogP contribution in [-0.2, 0) is 38.7 Å². The summed E-state index contributed by atoms with van der Waals surface area (Å²) in [5.74, 6) is 0.0478. The van der Waals surface area contributed by atoms with E-state index in [0.717, 1.165) is 0 Å². The molecular formula is C16H26O6Ru. The average molecular weight is 415 g/mol. The van der Waals surface area contributed by atoms with E-state index in [9.17, 15) is 9.59 Å². The SMILES string of the molecule is C/C(O)=C/C(=O)C(C)C.C/C(O)=C/C(=O)C(C)C.[CH-]=O.[CH-]=O.[Ru+2]. The van der Waals surface area contributed by atoms with Crippen LogP contribution in [0.5, 0.6) is 0 Å². The van der Waals surface area contributed by atoms with Gasteiger partial charge in [0.1, 0.15) is 0 Å². The van der Waals surface area contributed by atoms with Crippen molar-refractivity contribution in [2.75, 3.05) is 0 Å². The smallest absolute Gasteiger partial charge is 0.545 e. The zero-order valence-corrected chi connectivity index (χ0v) is 16.1.